The molecule has 0 aromatic heterocycles. The van der Waals surface area contributed by atoms with Crippen LogP contribution in [-0.4, -0.2) is 18.0 Å². The van der Waals surface area contributed by atoms with Crippen molar-refractivity contribution < 1.29 is 14.3 Å². The van der Waals surface area contributed by atoms with Crippen LogP contribution in [0.4, 0.5) is 5.69 Å². The van der Waals surface area contributed by atoms with Crippen LogP contribution in [0.1, 0.15) is 36.5 Å². The molecule has 0 saturated heterocycles. The summed E-state index contributed by atoms with van der Waals surface area (Å²) in [6.07, 6.45) is 1.46. The van der Waals surface area contributed by atoms with Crippen LogP contribution in [0.25, 0.3) is 0 Å². The van der Waals surface area contributed by atoms with Crippen molar-refractivity contribution in [3.05, 3.63) is 95.6 Å². The highest BCUT2D eigenvalue weighted by Crippen LogP contribution is 2.17. The second-order valence-electron chi connectivity index (χ2n) is 7.27. The number of hydrazone groups is 1. The van der Waals surface area contributed by atoms with Crippen LogP contribution < -0.4 is 15.5 Å². The fraction of sp³-hybridized carbons (Fsp3) is 0.160. The number of nitrogens with zero attached hydrogens (tertiary/aromatic N) is 1. The zero-order valence-electron chi connectivity index (χ0n) is 17.5. The highest BCUT2D eigenvalue weighted by atomic mass is 16.5. The van der Waals surface area contributed by atoms with Gasteiger partial charge in [0.2, 0.25) is 0 Å². The Labute approximate surface area is 182 Å². The quantitative estimate of drug-likeness (QED) is 0.339. The molecule has 0 fully saturated rings. The van der Waals surface area contributed by atoms with Gasteiger partial charge in [-0.05, 0) is 59.0 Å². The molecule has 0 atom stereocenters. The molecular weight excluding hydrogens is 390 g/mol. The van der Waals surface area contributed by atoms with Gasteiger partial charge in [-0.3, -0.25) is 9.59 Å². The first-order valence-electron chi connectivity index (χ1n) is 10.0. The van der Waals surface area contributed by atoms with E-state index >= 15 is 0 Å². The number of nitrogens with one attached hydrogen (secondary N) is 2. The number of ether oxygens (including phenoxy) is 1. The first-order valence-corrected chi connectivity index (χ1v) is 10.0. The molecule has 0 bridgehead atoms. The number of hydrogen-bond acceptors (Lipinski definition) is 4. The summed E-state index contributed by atoms with van der Waals surface area (Å²) in [7, 11) is 0. The van der Waals surface area contributed by atoms with Crippen LogP contribution in [0.2, 0.25) is 0 Å². The molecule has 0 heterocycles. The third kappa shape index (κ3) is 6.82. The van der Waals surface area contributed by atoms with Crippen molar-refractivity contribution in [2.75, 3.05) is 5.32 Å². The molecule has 0 aliphatic heterocycles. The van der Waals surface area contributed by atoms with Gasteiger partial charge in [-0.25, -0.2) is 5.43 Å². The van der Waals surface area contributed by atoms with Crippen LogP contribution in [0, 0.1) is 0 Å². The van der Waals surface area contributed by atoms with E-state index in [-0.39, 0.29) is 0 Å². The van der Waals surface area contributed by atoms with Crippen molar-refractivity contribution in [2.45, 2.75) is 26.4 Å². The molecule has 3 aromatic carbocycles. The summed E-state index contributed by atoms with van der Waals surface area (Å²) in [6.45, 7) is 4.66. The van der Waals surface area contributed by atoms with E-state index in [1.54, 1.807) is 12.1 Å². The van der Waals surface area contributed by atoms with E-state index in [4.69, 9.17) is 4.74 Å². The van der Waals surface area contributed by atoms with E-state index in [0.29, 0.717) is 18.2 Å². The third-order valence-electron chi connectivity index (χ3n) is 4.55. The predicted octanol–water partition coefficient (Wildman–Crippen LogP) is 4.48. The Kier molecular flexibility index (Phi) is 7.54. The maximum absolute atomic E-state index is 12.0. The van der Waals surface area contributed by atoms with Gasteiger partial charge in [0.05, 0.1) is 6.21 Å². The molecular formula is C25H25N3O3. The minimum absolute atomic E-state index is 0.395. The standard InChI is InChI=1S/C25H25N3O3/c1-18(2)21-10-12-22(13-11-21)27-24(29)25(30)28-26-16-19-8-14-23(15-9-19)31-17-20-6-4-3-5-7-20/h3-16,18H,17H2,1-2H3,(H,27,29)(H,28,30)/b26-16-. The number of amides is 2. The molecule has 2 N–H and O–H groups in total. The molecule has 2 amide bonds. The molecule has 0 aliphatic carbocycles. The van der Waals surface area contributed by atoms with Gasteiger partial charge in [0, 0.05) is 5.69 Å². The minimum atomic E-state index is -0.841. The second-order valence-corrected chi connectivity index (χ2v) is 7.27. The van der Waals surface area contributed by atoms with Crippen LogP contribution in [-0.2, 0) is 16.2 Å². The zero-order chi connectivity index (χ0) is 22.1. The van der Waals surface area contributed by atoms with Gasteiger partial charge in [0.25, 0.3) is 0 Å². The van der Waals surface area contributed by atoms with Crippen LogP contribution in [0.3, 0.4) is 0 Å². The lowest BCUT2D eigenvalue weighted by atomic mass is 10.0. The molecule has 31 heavy (non-hydrogen) atoms. The van der Waals surface area contributed by atoms with Crippen molar-refractivity contribution >= 4 is 23.7 Å². The molecule has 6 nitrogen and oxygen atoms in total. The monoisotopic (exact) mass is 415 g/mol. The molecule has 6 heteroatoms. The SMILES string of the molecule is CC(C)c1ccc(NC(=O)C(=O)N/N=C\c2ccc(OCc3ccccc3)cc2)cc1. The summed E-state index contributed by atoms with van der Waals surface area (Å²) in [5, 5.41) is 6.39. The minimum Gasteiger partial charge on any atom is -0.489 e. The first kappa shape index (κ1) is 21.8. The maximum Gasteiger partial charge on any atom is 0.329 e. The third-order valence-corrected chi connectivity index (χ3v) is 4.55. The Morgan fingerprint density at radius 1 is 0.903 bits per heavy atom. The number of anilines is 1. The van der Waals surface area contributed by atoms with Crippen LogP contribution in [0.5, 0.6) is 5.75 Å². The molecule has 158 valence electrons. The summed E-state index contributed by atoms with van der Waals surface area (Å²) < 4.78 is 5.73. The second kappa shape index (κ2) is 10.7. The Balaban J connectivity index is 1.45. The van der Waals surface area contributed by atoms with Crippen LogP contribution in [0.15, 0.2) is 84.0 Å². The first-order chi connectivity index (χ1) is 15.0. The van der Waals surface area contributed by atoms with Gasteiger partial charge in [-0.2, -0.15) is 5.10 Å². The molecule has 3 aromatic rings. The molecule has 3 rings (SSSR count). The number of benzene rings is 3. The maximum atomic E-state index is 12.0. The Morgan fingerprint density at radius 3 is 2.23 bits per heavy atom. The molecule has 0 radical (unpaired) electrons. The number of rotatable bonds is 7. The van der Waals surface area contributed by atoms with E-state index in [0.717, 1.165) is 22.4 Å². The van der Waals surface area contributed by atoms with Crippen molar-refractivity contribution in [3.63, 3.8) is 0 Å². The Bertz CT molecular complexity index is 1030. The number of carbonyl (C=O) groups is 2. The van der Waals surface area contributed by atoms with E-state index < -0.39 is 11.8 Å². The summed E-state index contributed by atoms with van der Waals surface area (Å²) in [5.74, 6) is -0.495. The average Bonchev–Trinajstić information content (AvgIpc) is 2.79. The van der Waals surface area contributed by atoms with Crippen molar-refractivity contribution in [1.29, 1.82) is 0 Å². The highest BCUT2D eigenvalue weighted by Gasteiger charge is 2.12. The zero-order valence-corrected chi connectivity index (χ0v) is 17.5. The van der Waals surface area contributed by atoms with Crippen molar-refractivity contribution in [2.24, 2.45) is 5.10 Å². The topological polar surface area (TPSA) is 79.8 Å². The van der Waals surface area contributed by atoms with E-state index in [1.807, 2.05) is 66.7 Å². The number of carbonyl (C=O) groups excluding carboxylic acids is 2. The fourth-order valence-corrected chi connectivity index (χ4v) is 2.75. The van der Waals surface area contributed by atoms with Gasteiger partial charge in [-0.1, -0.05) is 56.3 Å². The van der Waals surface area contributed by atoms with Gasteiger partial charge < -0.3 is 10.1 Å². The molecule has 0 unspecified atom stereocenters. The normalized spacial score (nSPS) is 10.8. The van der Waals surface area contributed by atoms with E-state index in [1.165, 1.54) is 6.21 Å². The van der Waals surface area contributed by atoms with Gasteiger partial charge in [-0.15, -0.1) is 0 Å². The summed E-state index contributed by atoms with van der Waals surface area (Å²) in [5.41, 5.74) is 5.79. The molecule has 0 saturated carbocycles. The van der Waals surface area contributed by atoms with Gasteiger partial charge in [0.1, 0.15) is 12.4 Å². The van der Waals surface area contributed by atoms with Crippen LogP contribution >= 0.6 is 0 Å². The van der Waals surface area contributed by atoms with E-state index in [2.05, 4.69) is 29.7 Å². The summed E-state index contributed by atoms with van der Waals surface area (Å²) in [6, 6.07) is 24.5. The Morgan fingerprint density at radius 2 is 1.58 bits per heavy atom. The number of hydrogen-bond donors (Lipinski definition) is 2. The predicted molar refractivity (Wildman–Crippen MR) is 122 cm³/mol. The molecule has 0 aliphatic rings. The van der Waals surface area contributed by atoms with E-state index in [9.17, 15) is 9.59 Å². The van der Waals surface area contributed by atoms with Gasteiger partial charge >= 0.3 is 11.8 Å². The lowest BCUT2D eigenvalue weighted by molar-refractivity contribution is -0.136. The van der Waals surface area contributed by atoms with Gasteiger partial charge in [0.15, 0.2) is 0 Å². The largest absolute Gasteiger partial charge is 0.489 e. The lowest BCUT2D eigenvalue weighted by Gasteiger charge is -2.07. The summed E-state index contributed by atoms with van der Waals surface area (Å²) >= 11 is 0. The summed E-state index contributed by atoms with van der Waals surface area (Å²) in [4.78, 5) is 23.9. The molecule has 0 spiro atoms. The van der Waals surface area contributed by atoms with Crippen molar-refractivity contribution in [3.8, 4) is 5.75 Å². The smallest absolute Gasteiger partial charge is 0.329 e. The fourth-order valence-electron chi connectivity index (χ4n) is 2.75. The van der Waals surface area contributed by atoms with Crippen molar-refractivity contribution in [1.82, 2.24) is 5.43 Å². The lowest BCUT2D eigenvalue weighted by Crippen LogP contribution is -2.32. The Hall–Kier alpha value is -3.93. The average molecular weight is 415 g/mol. The highest BCUT2D eigenvalue weighted by molar-refractivity contribution is 6.39.